The molecule has 1 amide bonds. The predicted molar refractivity (Wildman–Crippen MR) is 55.9 cm³/mol. The van der Waals surface area contributed by atoms with Gasteiger partial charge in [0.05, 0.1) is 19.0 Å². The van der Waals surface area contributed by atoms with Crippen molar-refractivity contribution >= 4 is 23.6 Å². The maximum absolute atomic E-state index is 11.1. The summed E-state index contributed by atoms with van der Waals surface area (Å²) in [5.41, 5.74) is 0. The number of aliphatic hydroxyl groups is 1. The summed E-state index contributed by atoms with van der Waals surface area (Å²) in [5, 5.41) is 19.4. The lowest BCUT2D eigenvalue weighted by Crippen LogP contribution is -2.44. The van der Waals surface area contributed by atoms with E-state index in [1.54, 1.807) is 7.11 Å². The number of amides is 1. The summed E-state index contributed by atoms with van der Waals surface area (Å²) in [5.74, 6) is -0.821. The van der Waals surface area contributed by atoms with E-state index in [4.69, 9.17) is 14.9 Å². The maximum atomic E-state index is 11.1. The third-order valence-corrected chi connectivity index (χ3v) is 2.40. The number of carboxylic acids is 1. The number of methoxy groups -OCH3 is 1. The summed E-state index contributed by atoms with van der Waals surface area (Å²) in [6.07, 6.45) is 0. The van der Waals surface area contributed by atoms with Crippen molar-refractivity contribution in [3.05, 3.63) is 0 Å². The second-order valence-electron chi connectivity index (χ2n) is 2.69. The van der Waals surface area contributed by atoms with Gasteiger partial charge in [-0.05, 0) is 0 Å². The first-order chi connectivity index (χ1) is 7.11. The summed E-state index contributed by atoms with van der Waals surface area (Å²) in [6.45, 7) is -0.0654. The van der Waals surface area contributed by atoms with Crippen LogP contribution in [0.15, 0.2) is 0 Å². The quantitative estimate of drug-likeness (QED) is 0.465. The number of nitrogens with one attached hydrogen (secondary N) is 1. The Kier molecular flexibility index (Phi) is 8.06. The van der Waals surface area contributed by atoms with Crippen LogP contribution in [0.5, 0.6) is 0 Å². The molecule has 0 aromatic carbocycles. The third kappa shape index (κ3) is 7.18. The van der Waals surface area contributed by atoms with E-state index in [0.717, 1.165) is 0 Å². The fourth-order valence-corrected chi connectivity index (χ4v) is 1.43. The summed E-state index contributed by atoms with van der Waals surface area (Å²) in [6, 6.07) is -1.22. The van der Waals surface area contributed by atoms with E-state index in [-0.39, 0.29) is 5.75 Å². The molecule has 1 unspecified atom stereocenters. The highest BCUT2D eigenvalue weighted by atomic mass is 32.2. The Morgan fingerprint density at radius 3 is 2.67 bits per heavy atom. The van der Waals surface area contributed by atoms with E-state index in [1.807, 2.05) is 0 Å². The van der Waals surface area contributed by atoms with Gasteiger partial charge < -0.3 is 20.3 Å². The van der Waals surface area contributed by atoms with Crippen molar-refractivity contribution in [3.8, 4) is 0 Å². The first kappa shape index (κ1) is 14.2. The van der Waals surface area contributed by atoms with Gasteiger partial charge >= 0.3 is 5.97 Å². The lowest BCUT2D eigenvalue weighted by Gasteiger charge is -2.10. The van der Waals surface area contributed by atoms with E-state index in [2.05, 4.69) is 5.32 Å². The Bertz CT molecular complexity index is 211. The monoisotopic (exact) mass is 237 g/mol. The van der Waals surface area contributed by atoms with Gasteiger partial charge in [0.15, 0.2) is 0 Å². The van der Waals surface area contributed by atoms with Crippen LogP contribution in [0.2, 0.25) is 0 Å². The minimum atomic E-state index is -1.24. The number of hydrogen-bond donors (Lipinski definition) is 3. The number of aliphatic carboxylic acids is 1. The van der Waals surface area contributed by atoms with E-state index in [0.29, 0.717) is 12.4 Å². The molecule has 0 heterocycles. The smallest absolute Gasteiger partial charge is 0.328 e. The van der Waals surface area contributed by atoms with Gasteiger partial charge in [0.25, 0.3) is 0 Å². The number of carbonyl (C=O) groups excluding carboxylic acids is 1. The molecule has 0 bridgehead atoms. The zero-order valence-corrected chi connectivity index (χ0v) is 9.25. The first-order valence-corrected chi connectivity index (χ1v) is 5.47. The van der Waals surface area contributed by atoms with Crippen LogP contribution in [0.25, 0.3) is 0 Å². The molecular weight excluding hydrogens is 222 g/mol. The minimum absolute atomic E-state index is 0.160. The van der Waals surface area contributed by atoms with E-state index in [9.17, 15) is 9.59 Å². The SMILES string of the molecule is COCCSCC(=O)NC(CO)C(=O)O. The lowest BCUT2D eigenvalue weighted by atomic mass is 10.3. The Labute approximate surface area is 92.0 Å². The highest BCUT2D eigenvalue weighted by molar-refractivity contribution is 7.99. The van der Waals surface area contributed by atoms with Crippen molar-refractivity contribution in [2.24, 2.45) is 0 Å². The number of carbonyl (C=O) groups is 2. The van der Waals surface area contributed by atoms with Crippen LogP contribution in [0.3, 0.4) is 0 Å². The number of carboxylic acid groups (broad SMARTS) is 1. The fraction of sp³-hybridized carbons (Fsp3) is 0.750. The molecule has 0 fully saturated rings. The Morgan fingerprint density at radius 2 is 2.20 bits per heavy atom. The van der Waals surface area contributed by atoms with Crippen LogP contribution in [0, 0.1) is 0 Å². The van der Waals surface area contributed by atoms with Crippen molar-refractivity contribution < 1.29 is 24.5 Å². The van der Waals surface area contributed by atoms with Gasteiger partial charge in [-0.25, -0.2) is 4.79 Å². The summed E-state index contributed by atoms with van der Waals surface area (Å²) < 4.78 is 4.78. The molecule has 0 aliphatic heterocycles. The summed E-state index contributed by atoms with van der Waals surface area (Å²) in [4.78, 5) is 21.6. The molecule has 3 N–H and O–H groups in total. The third-order valence-electron chi connectivity index (χ3n) is 1.48. The molecule has 6 nitrogen and oxygen atoms in total. The van der Waals surface area contributed by atoms with Crippen molar-refractivity contribution in [2.45, 2.75) is 6.04 Å². The Morgan fingerprint density at radius 1 is 1.53 bits per heavy atom. The van der Waals surface area contributed by atoms with Crippen LogP contribution in [-0.4, -0.2) is 60.0 Å². The average Bonchev–Trinajstić information content (AvgIpc) is 2.20. The second kappa shape index (κ2) is 8.51. The van der Waals surface area contributed by atoms with E-state index in [1.165, 1.54) is 11.8 Å². The van der Waals surface area contributed by atoms with Gasteiger partial charge in [-0.1, -0.05) is 0 Å². The van der Waals surface area contributed by atoms with E-state index < -0.39 is 24.5 Å². The predicted octanol–water partition coefficient (Wildman–Crippen LogP) is -1.07. The highest BCUT2D eigenvalue weighted by Crippen LogP contribution is 1.98. The Balaban J connectivity index is 3.67. The molecule has 0 aromatic heterocycles. The molecule has 1 atom stereocenters. The molecule has 7 heteroatoms. The first-order valence-electron chi connectivity index (χ1n) is 4.31. The maximum Gasteiger partial charge on any atom is 0.328 e. The molecule has 15 heavy (non-hydrogen) atoms. The van der Waals surface area contributed by atoms with Crippen molar-refractivity contribution in [1.29, 1.82) is 0 Å². The number of aliphatic hydroxyl groups excluding tert-OH is 1. The largest absolute Gasteiger partial charge is 0.480 e. The number of thioether (sulfide) groups is 1. The van der Waals surface area contributed by atoms with Crippen LogP contribution < -0.4 is 5.32 Å². The number of rotatable bonds is 8. The zero-order chi connectivity index (χ0) is 11.7. The molecule has 88 valence electrons. The van der Waals surface area contributed by atoms with Crippen molar-refractivity contribution in [1.82, 2.24) is 5.32 Å². The lowest BCUT2D eigenvalue weighted by molar-refractivity contribution is -0.142. The molecule has 0 rings (SSSR count). The van der Waals surface area contributed by atoms with Crippen molar-refractivity contribution in [2.75, 3.05) is 31.8 Å². The molecule has 0 aromatic rings. The minimum Gasteiger partial charge on any atom is -0.480 e. The molecule has 0 aliphatic rings. The molecular formula is C8H15NO5S. The zero-order valence-electron chi connectivity index (χ0n) is 8.43. The second-order valence-corrected chi connectivity index (χ2v) is 3.79. The van der Waals surface area contributed by atoms with E-state index >= 15 is 0 Å². The van der Waals surface area contributed by atoms with Crippen LogP contribution in [0.1, 0.15) is 0 Å². The topological polar surface area (TPSA) is 95.9 Å². The van der Waals surface area contributed by atoms with Crippen molar-refractivity contribution in [3.63, 3.8) is 0 Å². The molecule has 0 aliphatic carbocycles. The molecule has 0 saturated carbocycles. The van der Waals surface area contributed by atoms with Gasteiger partial charge in [0, 0.05) is 12.9 Å². The summed E-state index contributed by atoms with van der Waals surface area (Å²) >= 11 is 1.34. The Hall–Kier alpha value is -0.790. The highest BCUT2D eigenvalue weighted by Gasteiger charge is 2.18. The average molecular weight is 237 g/mol. The summed E-state index contributed by atoms with van der Waals surface area (Å²) in [7, 11) is 1.56. The van der Waals surface area contributed by atoms with Crippen LogP contribution in [-0.2, 0) is 14.3 Å². The van der Waals surface area contributed by atoms with Crippen LogP contribution in [0.4, 0.5) is 0 Å². The molecule has 0 radical (unpaired) electrons. The van der Waals surface area contributed by atoms with Gasteiger partial charge in [-0.15, -0.1) is 11.8 Å². The van der Waals surface area contributed by atoms with Gasteiger partial charge in [0.1, 0.15) is 6.04 Å². The van der Waals surface area contributed by atoms with Crippen LogP contribution >= 0.6 is 11.8 Å². The normalized spacial score (nSPS) is 12.1. The molecule has 0 saturated heterocycles. The van der Waals surface area contributed by atoms with Gasteiger partial charge in [0.2, 0.25) is 5.91 Å². The number of hydrogen-bond acceptors (Lipinski definition) is 5. The standard InChI is InChI=1S/C8H15NO5S/c1-14-2-3-15-5-7(11)9-6(4-10)8(12)13/h6,10H,2-5H2,1H3,(H,9,11)(H,12,13). The fourth-order valence-electron chi connectivity index (χ4n) is 0.729. The number of ether oxygens (including phenoxy) is 1. The molecule has 0 spiro atoms. The van der Waals surface area contributed by atoms with Gasteiger partial charge in [-0.2, -0.15) is 0 Å². The van der Waals surface area contributed by atoms with Gasteiger partial charge in [-0.3, -0.25) is 4.79 Å².